The molecule has 0 atom stereocenters. The number of halogens is 2. The van der Waals surface area contributed by atoms with Crippen LogP contribution in [0.1, 0.15) is 21.5 Å². The van der Waals surface area contributed by atoms with Crippen molar-refractivity contribution in [2.45, 2.75) is 13.8 Å². The molecule has 0 spiro atoms. The number of aryl methyl sites for hydroxylation is 2. The number of benzene rings is 3. The maximum absolute atomic E-state index is 12.7. The lowest BCUT2D eigenvalue weighted by Crippen LogP contribution is -2.13. The van der Waals surface area contributed by atoms with Crippen molar-refractivity contribution in [2.24, 2.45) is 0 Å². The molecule has 0 saturated heterocycles. The van der Waals surface area contributed by atoms with Gasteiger partial charge in [0.15, 0.2) is 5.58 Å². The molecule has 0 bridgehead atoms. The molecule has 4 rings (SSSR count). The van der Waals surface area contributed by atoms with Crippen LogP contribution >= 0.6 is 23.2 Å². The molecule has 28 heavy (non-hydrogen) atoms. The van der Waals surface area contributed by atoms with Gasteiger partial charge in [-0.05, 0) is 61.9 Å². The Morgan fingerprint density at radius 1 is 1.00 bits per heavy atom. The zero-order chi connectivity index (χ0) is 19.8. The Morgan fingerprint density at radius 3 is 2.61 bits per heavy atom. The summed E-state index contributed by atoms with van der Waals surface area (Å²) in [6.45, 7) is 3.91. The first-order valence-corrected chi connectivity index (χ1v) is 9.41. The molecule has 1 aromatic heterocycles. The lowest BCUT2D eigenvalue weighted by atomic mass is 10.1. The minimum absolute atomic E-state index is 0.185. The van der Waals surface area contributed by atoms with E-state index in [-0.39, 0.29) is 5.91 Å². The summed E-state index contributed by atoms with van der Waals surface area (Å²) in [5.41, 5.74) is 5.10. The monoisotopic (exact) mass is 410 g/mol. The van der Waals surface area contributed by atoms with Crippen molar-refractivity contribution in [3.63, 3.8) is 0 Å². The second-order valence-corrected chi connectivity index (χ2v) is 7.44. The van der Waals surface area contributed by atoms with Gasteiger partial charge < -0.3 is 9.73 Å². The Bertz CT molecular complexity index is 1210. The van der Waals surface area contributed by atoms with Gasteiger partial charge in [0.25, 0.3) is 5.91 Å². The number of anilines is 1. The van der Waals surface area contributed by atoms with Gasteiger partial charge in [-0.2, -0.15) is 0 Å². The first-order chi connectivity index (χ1) is 13.4. The standard InChI is InChI=1S/C22H16Cl2N2O2/c1-12-3-6-16(13(2)9-12)21(27)25-15-5-7-18(24)17(11-15)22-26-19-10-14(23)4-8-20(19)28-22/h3-11H,1-2H3,(H,25,27). The van der Waals surface area contributed by atoms with Gasteiger partial charge in [-0.15, -0.1) is 0 Å². The van der Waals surface area contributed by atoms with E-state index in [4.69, 9.17) is 27.6 Å². The number of nitrogens with one attached hydrogen (secondary N) is 1. The molecule has 0 unspecified atom stereocenters. The van der Waals surface area contributed by atoms with Crippen molar-refractivity contribution in [1.82, 2.24) is 4.98 Å². The number of carbonyl (C=O) groups is 1. The molecular formula is C22H16Cl2N2O2. The minimum Gasteiger partial charge on any atom is -0.436 e. The maximum atomic E-state index is 12.7. The van der Waals surface area contributed by atoms with Gasteiger partial charge in [0, 0.05) is 16.3 Å². The van der Waals surface area contributed by atoms with Crippen molar-refractivity contribution < 1.29 is 9.21 Å². The largest absolute Gasteiger partial charge is 0.436 e. The van der Waals surface area contributed by atoms with Gasteiger partial charge in [0.05, 0.1) is 10.6 Å². The molecule has 0 aliphatic carbocycles. The molecule has 0 saturated carbocycles. The average molecular weight is 411 g/mol. The van der Waals surface area contributed by atoms with E-state index < -0.39 is 0 Å². The van der Waals surface area contributed by atoms with Crippen LogP contribution in [0.25, 0.3) is 22.6 Å². The number of fused-ring (bicyclic) bond motifs is 1. The van der Waals surface area contributed by atoms with Crippen molar-refractivity contribution in [1.29, 1.82) is 0 Å². The number of oxazole rings is 1. The van der Waals surface area contributed by atoms with Crippen LogP contribution in [0.2, 0.25) is 10.0 Å². The van der Waals surface area contributed by atoms with E-state index in [0.717, 1.165) is 11.1 Å². The number of rotatable bonds is 3. The van der Waals surface area contributed by atoms with Crippen molar-refractivity contribution >= 4 is 45.9 Å². The Morgan fingerprint density at radius 2 is 1.82 bits per heavy atom. The van der Waals surface area contributed by atoms with Crippen LogP contribution in [-0.2, 0) is 0 Å². The summed E-state index contributed by atoms with van der Waals surface area (Å²) in [6, 6.07) is 16.1. The first-order valence-electron chi connectivity index (χ1n) is 8.65. The lowest BCUT2D eigenvalue weighted by Gasteiger charge is -2.10. The lowest BCUT2D eigenvalue weighted by molar-refractivity contribution is 0.102. The Labute approximate surface area is 172 Å². The fraction of sp³-hybridized carbons (Fsp3) is 0.0909. The van der Waals surface area contributed by atoms with Crippen molar-refractivity contribution in [3.05, 3.63) is 81.3 Å². The molecule has 4 nitrogen and oxygen atoms in total. The predicted molar refractivity (Wildman–Crippen MR) is 113 cm³/mol. The average Bonchev–Trinajstić information content (AvgIpc) is 3.06. The van der Waals surface area contributed by atoms with Crippen molar-refractivity contribution in [2.75, 3.05) is 5.32 Å². The Balaban J connectivity index is 1.67. The highest BCUT2D eigenvalue weighted by Crippen LogP contribution is 2.33. The zero-order valence-electron chi connectivity index (χ0n) is 15.2. The normalized spacial score (nSPS) is 11.0. The van der Waals surface area contributed by atoms with Crippen LogP contribution in [0.3, 0.4) is 0 Å². The van der Waals surface area contributed by atoms with E-state index >= 15 is 0 Å². The van der Waals surface area contributed by atoms with E-state index in [2.05, 4.69) is 10.3 Å². The van der Waals surface area contributed by atoms with Gasteiger partial charge >= 0.3 is 0 Å². The summed E-state index contributed by atoms with van der Waals surface area (Å²) in [6.07, 6.45) is 0. The fourth-order valence-electron chi connectivity index (χ4n) is 3.05. The Hall–Kier alpha value is -2.82. The zero-order valence-corrected chi connectivity index (χ0v) is 16.7. The highest BCUT2D eigenvalue weighted by molar-refractivity contribution is 6.33. The Kier molecular flexibility index (Phi) is 4.84. The molecule has 6 heteroatoms. The summed E-state index contributed by atoms with van der Waals surface area (Å²) in [7, 11) is 0. The van der Waals surface area contributed by atoms with Gasteiger partial charge in [-0.25, -0.2) is 4.98 Å². The molecule has 1 amide bonds. The van der Waals surface area contributed by atoms with Crippen LogP contribution in [0.5, 0.6) is 0 Å². The van der Waals surface area contributed by atoms with Crippen LogP contribution in [0.4, 0.5) is 5.69 Å². The maximum Gasteiger partial charge on any atom is 0.255 e. The van der Waals surface area contributed by atoms with E-state index in [0.29, 0.717) is 43.9 Å². The van der Waals surface area contributed by atoms with Crippen LogP contribution in [-0.4, -0.2) is 10.9 Å². The summed E-state index contributed by atoms with van der Waals surface area (Å²) in [4.78, 5) is 17.1. The van der Waals surface area contributed by atoms with Crippen LogP contribution in [0, 0.1) is 13.8 Å². The third-order valence-electron chi connectivity index (χ3n) is 4.43. The van der Waals surface area contributed by atoms with Gasteiger partial charge in [0.1, 0.15) is 5.52 Å². The first kappa shape index (κ1) is 18.5. The topological polar surface area (TPSA) is 55.1 Å². The van der Waals surface area contributed by atoms with Crippen LogP contribution in [0.15, 0.2) is 59.0 Å². The predicted octanol–water partition coefficient (Wildman–Crippen LogP) is 6.67. The second-order valence-electron chi connectivity index (χ2n) is 6.60. The van der Waals surface area contributed by atoms with Crippen molar-refractivity contribution in [3.8, 4) is 11.5 Å². The third-order valence-corrected chi connectivity index (χ3v) is 5.00. The summed E-state index contributed by atoms with van der Waals surface area (Å²) < 4.78 is 5.80. The van der Waals surface area contributed by atoms with E-state index in [1.165, 1.54) is 0 Å². The molecule has 4 aromatic rings. The van der Waals surface area contributed by atoms with Gasteiger partial charge in [-0.3, -0.25) is 4.79 Å². The minimum atomic E-state index is -0.185. The number of hydrogen-bond acceptors (Lipinski definition) is 3. The summed E-state index contributed by atoms with van der Waals surface area (Å²) in [5.74, 6) is 0.181. The highest BCUT2D eigenvalue weighted by Gasteiger charge is 2.15. The van der Waals surface area contributed by atoms with Crippen LogP contribution < -0.4 is 5.32 Å². The molecule has 0 aliphatic heterocycles. The molecule has 1 N–H and O–H groups in total. The van der Waals surface area contributed by atoms with E-state index in [1.54, 1.807) is 36.4 Å². The third kappa shape index (κ3) is 3.61. The number of hydrogen-bond donors (Lipinski definition) is 1. The number of carbonyl (C=O) groups excluding carboxylic acids is 1. The molecular weight excluding hydrogens is 395 g/mol. The molecule has 1 heterocycles. The van der Waals surface area contributed by atoms with Gasteiger partial charge in [0.2, 0.25) is 5.89 Å². The fourth-order valence-corrected chi connectivity index (χ4v) is 3.41. The number of aromatic nitrogens is 1. The molecule has 0 fully saturated rings. The molecule has 0 aliphatic rings. The highest BCUT2D eigenvalue weighted by atomic mass is 35.5. The number of amides is 1. The summed E-state index contributed by atoms with van der Waals surface area (Å²) in [5, 5.41) is 3.96. The smallest absolute Gasteiger partial charge is 0.255 e. The molecule has 0 radical (unpaired) electrons. The van der Waals surface area contributed by atoms with Gasteiger partial charge in [-0.1, -0.05) is 40.9 Å². The quantitative estimate of drug-likeness (QED) is 0.410. The SMILES string of the molecule is Cc1ccc(C(=O)Nc2ccc(Cl)c(-c3nc4cc(Cl)ccc4o3)c2)c(C)c1. The molecule has 3 aromatic carbocycles. The van der Waals surface area contributed by atoms with E-state index in [1.807, 2.05) is 32.0 Å². The molecule has 140 valence electrons. The number of nitrogens with zero attached hydrogens (tertiary/aromatic N) is 1. The summed E-state index contributed by atoms with van der Waals surface area (Å²) >= 11 is 12.4. The van der Waals surface area contributed by atoms with E-state index in [9.17, 15) is 4.79 Å². The second kappa shape index (κ2) is 7.30.